The highest BCUT2D eigenvalue weighted by Crippen LogP contribution is 2.48. The van der Waals surface area contributed by atoms with E-state index in [-0.39, 0.29) is 16.6 Å². The van der Waals surface area contributed by atoms with Crippen LogP contribution >= 0.6 is 33.9 Å². The Morgan fingerprint density at radius 1 is 1.18 bits per heavy atom. The fourth-order valence-corrected chi connectivity index (χ4v) is 7.27. The lowest BCUT2D eigenvalue weighted by Gasteiger charge is -2.39. The average Bonchev–Trinajstić information content (AvgIpc) is 3.39. The average molecular weight is 595 g/mol. The number of halogens is 1. The first-order valence-corrected chi connectivity index (χ1v) is 13.8. The first kappa shape index (κ1) is 22.9. The van der Waals surface area contributed by atoms with Crippen LogP contribution < -0.4 is 0 Å². The number of benzene rings is 1. The van der Waals surface area contributed by atoms with Crippen molar-refractivity contribution in [2.45, 2.75) is 41.6 Å². The summed E-state index contributed by atoms with van der Waals surface area (Å²) in [6.07, 6.45) is 5.98. The van der Waals surface area contributed by atoms with Gasteiger partial charge < -0.3 is 14.5 Å². The molecule has 10 heteroatoms. The number of sulfone groups is 1. The highest BCUT2D eigenvalue weighted by Gasteiger charge is 2.43. The van der Waals surface area contributed by atoms with Gasteiger partial charge in [0.1, 0.15) is 23.0 Å². The first-order chi connectivity index (χ1) is 15.8. The van der Waals surface area contributed by atoms with Gasteiger partial charge in [-0.05, 0) is 67.0 Å². The molecule has 1 saturated carbocycles. The van der Waals surface area contributed by atoms with Crippen LogP contribution in [0.5, 0.6) is 0 Å². The van der Waals surface area contributed by atoms with E-state index in [4.69, 9.17) is 9.47 Å². The lowest BCUT2D eigenvalue weighted by Crippen LogP contribution is -2.37. The molecule has 3 heterocycles. The normalized spacial score (nSPS) is 15.6. The molecule has 5 rings (SSSR count). The van der Waals surface area contributed by atoms with Gasteiger partial charge in [-0.1, -0.05) is 17.7 Å². The van der Waals surface area contributed by atoms with Crippen LogP contribution in [0.3, 0.4) is 0 Å². The molecule has 7 nitrogen and oxygen atoms in total. The van der Waals surface area contributed by atoms with Crippen LogP contribution in [-0.4, -0.2) is 37.3 Å². The van der Waals surface area contributed by atoms with E-state index in [2.05, 4.69) is 37.5 Å². The quantitative estimate of drug-likeness (QED) is 0.226. The second-order valence-corrected chi connectivity index (χ2v) is 12.2. The third kappa shape index (κ3) is 4.01. The number of aryl methyl sites for hydroxylation is 1. The van der Waals surface area contributed by atoms with Gasteiger partial charge >= 0.3 is 0 Å². The Kier molecular flexibility index (Phi) is 6.06. The van der Waals surface area contributed by atoms with Crippen LogP contribution in [0.1, 0.15) is 29.8 Å². The number of ether oxygens (including phenoxy) is 2. The summed E-state index contributed by atoms with van der Waals surface area (Å²) < 4.78 is 39.4. The Balaban J connectivity index is 1.68. The van der Waals surface area contributed by atoms with E-state index in [1.165, 1.54) is 17.5 Å². The monoisotopic (exact) mass is 595 g/mol. The number of pyridine rings is 1. The van der Waals surface area contributed by atoms with E-state index in [1.807, 2.05) is 13.0 Å². The van der Waals surface area contributed by atoms with Gasteiger partial charge in [0.25, 0.3) is 0 Å². The molecule has 0 unspecified atom stereocenters. The number of nitrogens with one attached hydrogen (secondary N) is 1. The summed E-state index contributed by atoms with van der Waals surface area (Å²) in [6, 6.07) is 8.80. The number of thiazole rings is 1. The Labute approximate surface area is 209 Å². The zero-order valence-electron chi connectivity index (χ0n) is 18.1. The largest absolute Gasteiger partial charge is 0.359 e. The summed E-state index contributed by atoms with van der Waals surface area (Å²) in [5.74, 6) is 0. The van der Waals surface area contributed by atoms with E-state index in [9.17, 15) is 8.42 Å². The Hall–Kier alpha value is -1.86. The van der Waals surface area contributed by atoms with Crippen molar-refractivity contribution in [3.8, 4) is 10.4 Å². The van der Waals surface area contributed by atoms with Crippen molar-refractivity contribution < 1.29 is 17.9 Å². The van der Waals surface area contributed by atoms with E-state index in [1.54, 1.807) is 37.6 Å². The molecule has 1 N–H and O–H groups in total. The van der Waals surface area contributed by atoms with Crippen molar-refractivity contribution >= 4 is 54.8 Å². The molecular weight excluding hydrogens is 573 g/mol. The molecule has 0 aliphatic heterocycles. The number of hydrogen-bond acceptors (Lipinski definition) is 7. The van der Waals surface area contributed by atoms with Gasteiger partial charge in [0.15, 0.2) is 0 Å². The molecule has 4 aromatic rings. The molecule has 1 aromatic carbocycles. The molecule has 0 amide bonds. The van der Waals surface area contributed by atoms with Gasteiger partial charge in [0.2, 0.25) is 9.84 Å². The fourth-order valence-electron chi connectivity index (χ4n) is 4.02. The molecule has 0 spiro atoms. The summed E-state index contributed by atoms with van der Waals surface area (Å²) >= 11 is 3.64. The van der Waals surface area contributed by atoms with Crippen molar-refractivity contribution in [1.29, 1.82) is 0 Å². The number of rotatable bonds is 7. The lowest BCUT2D eigenvalue weighted by atomic mass is 9.80. The SMILES string of the molecule is COCOC1(c2ncc(-c3c(S(=O)(=O)c4ccc(C)cc4)cnc4[nH]c(I)cc34)s2)CCC1. The molecule has 0 radical (unpaired) electrons. The third-order valence-electron chi connectivity index (χ3n) is 5.97. The van der Waals surface area contributed by atoms with E-state index < -0.39 is 15.4 Å². The predicted molar refractivity (Wildman–Crippen MR) is 135 cm³/mol. The second-order valence-electron chi connectivity index (χ2n) is 8.12. The number of fused-ring (bicyclic) bond motifs is 1. The lowest BCUT2D eigenvalue weighted by molar-refractivity contribution is -0.171. The molecule has 0 bridgehead atoms. The predicted octanol–water partition coefficient (Wildman–Crippen LogP) is 5.43. The number of aromatic amines is 1. The van der Waals surface area contributed by atoms with E-state index in [0.29, 0.717) is 11.2 Å². The van der Waals surface area contributed by atoms with Gasteiger partial charge in [-0.2, -0.15) is 0 Å². The highest BCUT2D eigenvalue weighted by atomic mass is 127. The van der Waals surface area contributed by atoms with Crippen LogP contribution in [0.15, 0.2) is 52.5 Å². The molecule has 1 aliphatic rings. The molecule has 0 saturated heterocycles. The van der Waals surface area contributed by atoms with Gasteiger partial charge in [-0.25, -0.2) is 18.4 Å². The van der Waals surface area contributed by atoms with Crippen LogP contribution in [0.4, 0.5) is 0 Å². The summed E-state index contributed by atoms with van der Waals surface area (Å²) in [4.78, 5) is 13.5. The first-order valence-electron chi connectivity index (χ1n) is 10.4. The summed E-state index contributed by atoms with van der Waals surface area (Å²) in [7, 11) is -2.20. The zero-order chi connectivity index (χ0) is 23.2. The molecule has 0 atom stereocenters. The summed E-state index contributed by atoms with van der Waals surface area (Å²) in [6.45, 7) is 2.12. The van der Waals surface area contributed by atoms with Crippen LogP contribution in [-0.2, 0) is 24.9 Å². The van der Waals surface area contributed by atoms with Crippen molar-refractivity contribution in [2.75, 3.05) is 13.9 Å². The minimum atomic E-state index is -3.80. The van der Waals surface area contributed by atoms with Crippen LogP contribution in [0.2, 0.25) is 0 Å². The molecule has 1 fully saturated rings. The number of methoxy groups -OCH3 is 1. The fraction of sp³-hybridized carbons (Fsp3) is 0.304. The Morgan fingerprint density at radius 2 is 1.94 bits per heavy atom. The Morgan fingerprint density at radius 3 is 2.61 bits per heavy atom. The second kappa shape index (κ2) is 8.73. The maximum absolute atomic E-state index is 13.7. The van der Waals surface area contributed by atoms with Gasteiger partial charge in [0, 0.05) is 30.5 Å². The van der Waals surface area contributed by atoms with Crippen LogP contribution in [0, 0.1) is 10.6 Å². The molecule has 1 aliphatic carbocycles. The summed E-state index contributed by atoms with van der Waals surface area (Å²) in [5.41, 5.74) is 1.79. The smallest absolute Gasteiger partial charge is 0.208 e. The number of H-pyrrole nitrogens is 1. The molecular formula is C23H22IN3O4S2. The van der Waals surface area contributed by atoms with Gasteiger partial charge in [-0.15, -0.1) is 11.3 Å². The number of nitrogens with zero attached hydrogens (tertiary/aromatic N) is 2. The van der Waals surface area contributed by atoms with Gasteiger partial charge in [0.05, 0.1) is 18.4 Å². The summed E-state index contributed by atoms with van der Waals surface area (Å²) in [5, 5.41) is 1.60. The minimum Gasteiger partial charge on any atom is -0.359 e. The minimum absolute atomic E-state index is 0.171. The van der Waals surface area contributed by atoms with Crippen molar-refractivity contribution in [2.24, 2.45) is 0 Å². The number of hydrogen-bond donors (Lipinski definition) is 1. The maximum Gasteiger partial charge on any atom is 0.208 e. The highest BCUT2D eigenvalue weighted by molar-refractivity contribution is 14.1. The van der Waals surface area contributed by atoms with Crippen molar-refractivity contribution in [3.05, 3.63) is 57.0 Å². The van der Waals surface area contributed by atoms with Crippen molar-refractivity contribution in [3.63, 3.8) is 0 Å². The van der Waals surface area contributed by atoms with E-state index >= 15 is 0 Å². The van der Waals surface area contributed by atoms with E-state index in [0.717, 1.165) is 43.8 Å². The topological polar surface area (TPSA) is 94.2 Å². The van der Waals surface area contributed by atoms with Crippen LogP contribution in [0.25, 0.3) is 21.5 Å². The Bertz CT molecular complexity index is 1420. The van der Waals surface area contributed by atoms with Gasteiger partial charge in [-0.3, -0.25) is 0 Å². The zero-order valence-corrected chi connectivity index (χ0v) is 21.9. The molecule has 172 valence electrons. The third-order valence-corrected chi connectivity index (χ3v) is 9.53. The standard InChI is InChI=1S/C23H22IN3O4S2/c1-14-4-6-15(7-5-14)33(28,29)18-12-25-21-16(10-19(24)27-21)20(18)17-11-26-22(32-17)23(8-3-9-23)31-13-30-2/h4-7,10-12H,3,8-9,13H2,1-2H3,(H,25,27). The van der Waals surface area contributed by atoms with Crippen molar-refractivity contribution in [1.82, 2.24) is 15.0 Å². The maximum atomic E-state index is 13.7. The molecule has 3 aromatic heterocycles. The molecule has 33 heavy (non-hydrogen) atoms. The number of aromatic nitrogens is 3.